The predicted molar refractivity (Wildman–Crippen MR) is 76.2 cm³/mol. The SMILES string of the molecule is COC(=O)C1CCCN1C(C)C(=O)NC1CCCCC1. The number of carbonyl (C=O) groups excluding carboxylic acids is 2. The quantitative estimate of drug-likeness (QED) is 0.793. The summed E-state index contributed by atoms with van der Waals surface area (Å²) in [6, 6.07) is -0.200. The molecule has 1 heterocycles. The van der Waals surface area contributed by atoms with E-state index in [1.165, 1.54) is 26.4 Å². The van der Waals surface area contributed by atoms with Crippen molar-refractivity contribution in [3.05, 3.63) is 0 Å². The van der Waals surface area contributed by atoms with Crippen LogP contribution in [0, 0.1) is 0 Å². The van der Waals surface area contributed by atoms with Crippen LogP contribution in [-0.2, 0) is 14.3 Å². The summed E-state index contributed by atoms with van der Waals surface area (Å²) >= 11 is 0. The van der Waals surface area contributed by atoms with Crippen molar-refractivity contribution in [2.75, 3.05) is 13.7 Å². The van der Waals surface area contributed by atoms with E-state index in [4.69, 9.17) is 4.74 Å². The lowest BCUT2D eigenvalue weighted by molar-refractivity contribution is -0.147. The molecule has 2 aliphatic rings. The van der Waals surface area contributed by atoms with Gasteiger partial charge in [0.25, 0.3) is 0 Å². The molecule has 1 saturated carbocycles. The third-order valence-electron chi connectivity index (χ3n) is 4.60. The van der Waals surface area contributed by atoms with Crippen LogP contribution in [0.5, 0.6) is 0 Å². The molecule has 0 bridgehead atoms. The van der Waals surface area contributed by atoms with Crippen LogP contribution in [0.15, 0.2) is 0 Å². The summed E-state index contributed by atoms with van der Waals surface area (Å²) in [5.74, 6) is -0.174. The second-order valence-electron chi connectivity index (χ2n) is 5.94. The van der Waals surface area contributed by atoms with E-state index < -0.39 is 0 Å². The van der Waals surface area contributed by atoms with Crippen LogP contribution in [-0.4, -0.2) is 48.6 Å². The Hall–Kier alpha value is -1.10. The zero-order valence-electron chi connectivity index (χ0n) is 12.6. The molecule has 20 heavy (non-hydrogen) atoms. The number of hydrogen-bond acceptors (Lipinski definition) is 4. The number of hydrogen-bond donors (Lipinski definition) is 1. The normalized spacial score (nSPS) is 26.2. The number of carbonyl (C=O) groups is 2. The summed E-state index contributed by atoms with van der Waals surface area (Å²) < 4.78 is 4.83. The fraction of sp³-hybridized carbons (Fsp3) is 0.867. The minimum Gasteiger partial charge on any atom is -0.468 e. The largest absolute Gasteiger partial charge is 0.468 e. The van der Waals surface area contributed by atoms with Crippen LogP contribution < -0.4 is 5.32 Å². The number of methoxy groups -OCH3 is 1. The molecule has 0 aromatic heterocycles. The smallest absolute Gasteiger partial charge is 0.323 e. The highest BCUT2D eigenvalue weighted by Gasteiger charge is 2.37. The second-order valence-corrected chi connectivity index (χ2v) is 5.94. The number of esters is 1. The molecule has 0 aromatic rings. The van der Waals surface area contributed by atoms with Crippen molar-refractivity contribution < 1.29 is 14.3 Å². The van der Waals surface area contributed by atoms with Crippen molar-refractivity contribution in [1.82, 2.24) is 10.2 Å². The molecule has 1 amide bonds. The second kappa shape index (κ2) is 7.07. The maximum absolute atomic E-state index is 12.3. The van der Waals surface area contributed by atoms with Gasteiger partial charge in [-0.15, -0.1) is 0 Å². The molecule has 0 spiro atoms. The number of nitrogens with one attached hydrogen (secondary N) is 1. The van der Waals surface area contributed by atoms with E-state index in [1.807, 2.05) is 11.8 Å². The van der Waals surface area contributed by atoms with Crippen molar-refractivity contribution in [3.63, 3.8) is 0 Å². The Kier molecular flexibility index (Phi) is 5.40. The summed E-state index contributed by atoms with van der Waals surface area (Å²) in [6.45, 7) is 2.68. The first-order chi connectivity index (χ1) is 9.63. The lowest BCUT2D eigenvalue weighted by Gasteiger charge is -2.30. The van der Waals surface area contributed by atoms with Gasteiger partial charge in [0, 0.05) is 6.04 Å². The Bertz CT molecular complexity index is 353. The minimum atomic E-state index is -0.261. The first-order valence-corrected chi connectivity index (χ1v) is 7.77. The van der Waals surface area contributed by atoms with E-state index in [0.29, 0.717) is 6.04 Å². The molecule has 1 aliphatic carbocycles. The van der Waals surface area contributed by atoms with Gasteiger partial charge >= 0.3 is 5.97 Å². The van der Waals surface area contributed by atoms with Gasteiger partial charge in [-0.05, 0) is 39.2 Å². The van der Waals surface area contributed by atoms with Gasteiger partial charge in [-0.1, -0.05) is 19.3 Å². The first kappa shape index (κ1) is 15.3. The van der Waals surface area contributed by atoms with Crippen LogP contribution in [0.1, 0.15) is 51.9 Å². The highest BCUT2D eigenvalue weighted by molar-refractivity contribution is 5.83. The van der Waals surface area contributed by atoms with Crippen LogP contribution in [0.2, 0.25) is 0 Å². The third kappa shape index (κ3) is 3.51. The maximum atomic E-state index is 12.3. The van der Waals surface area contributed by atoms with Gasteiger partial charge in [0.1, 0.15) is 6.04 Å². The molecule has 1 aliphatic heterocycles. The molecular formula is C15H26N2O3. The van der Waals surface area contributed by atoms with Crippen molar-refractivity contribution in [2.24, 2.45) is 0 Å². The zero-order chi connectivity index (χ0) is 14.5. The van der Waals surface area contributed by atoms with Gasteiger partial charge in [-0.25, -0.2) is 0 Å². The molecule has 0 radical (unpaired) electrons. The maximum Gasteiger partial charge on any atom is 0.323 e. The Labute approximate surface area is 121 Å². The number of nitrogens with zero attached hydrogens (tertiary/aromatic N) is 1. The summed E-state index contributed by atoms with van der Waals surface area (Å²) in [5.41, 5.74) is 0. The lowest BCUT2D eigenvalue weighted by atomic mass is 9.95. The number of amides is 1. The molecule has 5 heteroatoms. The minimum absolute atomic E-state index is 0.0488. The fourth-order valence-corrected chi connectivity index (χ4v) is 3.36. The number of likely N-dealkylation sites (tertiary alicyclic amines) is 1. The summed E-state index contributed by atoms with van der Waals surface area (Å²) in [6.07, 6.45) is 7.58. The first-order valence-electron chi connectivity index (χ1n) is 7.77. The Morgan fingerprint density at radius 2 is 1.85 bits per heavy atom. The molecule has 0 aromatic carbocycles. The Morgan fingerprint density at radius 1 is 1.15 bits per heavy atom. The van der Waals surface area contributed by atoms with Gasteiger partial charge < -0.3 is 10.1 Å². The molecule has 1 saturated heterocycles. The Morgan fingerprint density at radius 3 is 2.50 bits per heavy atom. The van der Waals surface area contributed by atoms with Crippen LogP contribution in [0.4, 0.5) is 0 Å². The van der Waals surface area contributed by atoms with Gasteiger partial charge in [-0.3, -0.25) is 14.5 Å². The average molecular weight is 282 g/mol. The molecule has 2 rings (SSSR count). The monoisotopic (exact) mass is 282 g/mol. The van der Waals surface area contributed by atoms with Gasteiger partial charge in [0.2, 0.25) is 5.91 Å². The Balaban J connectivity index is 1.90. The van der Waals surface area contributed by atoms with Gasteiger partial charge in [0.15, 0.2) is 0 Å². The predicted octanol–water partition coefficient (Wildman–Crippen LogP) is 1.46. The summed E-state index contributed by atoms with van der Waals surface area (Å²) in [5, 5.41) is 3.14. The molecule has 2 fully saturated rings. The zero-order valence-corrected chi connectivity index (χ0v) is 12.6. The highest BCUT2D eigenvalue weighted by atomic mass is 16.5. The van der Waals surface area contributed by atoms with Crippen LogP contribution in [0.25, 0.3) is 0 Å². The van der Waals surface area contributed by atoms with Crippen LogP contribution in [0.3, 0.4) is 0 Å². The molecule has 5 nitrogen and oxygen atoms in total. The molecule has 2 unspecified atom stereocenters. The lowest BCUT2D eigenvalue weighted by Crippen LogP contribution is -2.52. The third-order valence-corrected chi connectivity index (χ3v) is 4.60. The van der Waals surface area contributed by atoms with Gasteiger partial charge in [0.05, 0.1) is 13.2 Å². The van der Waals surface area contributed by atoms with Crippen LogP contribution >= 0.6 is 0 Å². The van der Waals surface area contributed by atoms with Gasteiger partial charge in [-0.2, -0.15) is 0 Å². The topological polar surface area (TPSA) is 58.6 Å². The fourth-order valence-electron chi connectivity index (χ4n) is 3.36. The average Bonchev–Trinajstić information content (AvgIpc) is 2.96. The van der Waals surface area contributed by atoms with E-state index in [1.54, 1.807) is 0 Å². The summed E-state index contributed by atoms with van der Waals surface area (Å²) in [4.78, 5) is 26.1. The standard InChI is InChI=1S/C15H26N2O3/c1-11(14(18)16-12-7-4-3-5-8-12)17-10-6-9-13(17)15(19)20-2/h11-13H,3-10H2,1-2H3,(H,16,18). The van der Waals surface area contributed by atoms with Crippen molar-refractivity contribution in [2.45, 2.75) is 70.0 Å². The molecule has 1 N–H and O–H groups in total. The van der Waals surface area contributed by atoms with Crippen molar-refractivity contribution in [1.29, 1.82) is 0 Å². The van der Waals surface area contributed by atoms with E-state index >= 15 is 0 Å². The van der Waals surface area contributed by atoms with Crippen molar-refractivity contribution >= 4 is 11.9 Å². The number of ether oxygens (including phenoxy) is 1. The highest BCUT2D eigenvalue weighted by Crippen LogP contribution is 2.22. The van der Waals surface area contributed by atoms with E-state index in [9.17, 15) is 9.59 Å². The van der Waals surface area contributed by atoms with E-state index in [0.717, 1.165) is 32.2 Å². The molecule has 2 atom stereocenters. The van der Waals surface area contributed by atoms with Crippen molar-refractivity contribution in [3.8, 4) is 0 Å². The van der Waals surface area contributed by atoms with E-state index in [2.05, 4.69) is 5.32 Å². The molecule has 114 valence electrons. The summed E-state index contributed by atoms with van der Waals surface area (Å²) in [7, 11) is 1.41. The number of rotatable bonds is 4. The van der Waals surface area contributed by atoms with E-state index in [-0.39, 0.29) is 24.0 Å². The molecular weight excluding hydrogens is 256 g/mol.